The third-order valence-corrected chi connectivity index (χ3v) is 2.04. The van der Waals surface area contributed by atoms with Crippen LogP contribution >= 0.6 is 0 Å². The number of benzene rings is 1. The van der Waals surface area contributed by atoms with Crippen LogP contribution < -0.4 is 0 Å². The van der Waals surface area contributed by atoms with E-state index in [9.17, 15) is 31.1 Å². The fraction of sp³-hybridized carbons (Fsp3) is 0.182. The van der Waals surface area contributed by atoms with Crippen LogP contribution in [0.1, 0.15) is 16.7 Å². The Hall–Kier alpha value is -1.79. The molecule has 1 aromatic rings. The molecule has 98 valence electrons. The van der Waals surface area contributed by atoms with E-state index < -0.39 is 29.0 Å². The van der Waals surface area contributed by atoms with Gasteiger partial charge in [-0.05, 0) is 29.8 Å². The predicted molar refractivity (Wildman–Crippen MR) is 51.5 cm³/mol. The largest absolute Gasteiger partial charge is 0.416 e. The van der Waals surface area contributed by atoms with E-state index >= 15 is 0 Å². The molecule has 0 aliphatic rings. The molecule has 1 rings (SSSR count). The van der Waals surface area contributed by atoms with Crippen molar-refractivity contribution in [1.29, 1.82) is 0 Å². The molecule has 1 aromatic carbocycles. The second kappa shape index (κ2) is 4.83. The van der Waals surface area contributed by atoms with Crippen molar-refractivity contribution in [2.75, 3.05) is 0 Å². The molecule has 0 aromatic heterocycles. The first-order valence-electron chi connectivity index (χ1n) is 4.56. The van der Waals surface area contributed by atoms with Crippen molar-refractivity contribution >= 4 is 12.4 Å². The maximum atomic E-state index is 12.5. The average molecular weight is 268 g/mol. The summed E-state index contributed by atoms with van der Waals surface area (Å²) in [6.07, 6.45) is -7.96. The van der Waals surface area contributed by atoms with E-state index in [-0.39, 0.29) is 6.29 Å². The van der Waals surface area contributed by atoms with Crippen LogP contribution in [0.4, 0.5) is 26.3 Å². The Morgan fingerprint density at radius 3 is 2.00 bits per heavy atom. The fourth-order valence-corrected chi connectivity index (χ4v) is 1.28. The lowest BCUT2D eigenvalue weighted by molar-refractivity contribution is -0.141. The Morgan fingerprint density at radius 2 is 1.56 bits per heavy atom. The zero-order chi connectivity index (χ0) is 14.0. The number of alkyl halides is 6. The molecule has 0 aliphatic carbocycles. The molecule has 0 unspecified atom stereocenters. The molecule has 0 radical (unpaired) electrons. The summed E-state index contributed by atoms with van der Waals surface area (Å²) in [6, 6.07) is 1.04. The molecule has 0 spiro atoms. The van der Waals surface area contributed by atoms with E-state index in [2.05, 4.69) is 0 Å². The summed E-state index contributed by atoms with van der Waals surface area (Å²) in [7, 11) is 0. The van der Waals surface area contributed by atoms with Crippen LogP contribution in [0, 0.1) is 0 Å². The van der Waals surface area contributed by atoms with Crippen molar-refractivity contribution in [1.82, 2.24) is 0 Å². The van der Waals surface area contributed by atoms with Gasteiger partial charge in [0.2, 0.25) is 0 Å². The fourth-order valence-electron chi connectivity index (χ4n) is 1.28. The molecule has 18 heavy (non-hydrogen) atoms. The molecule has 0 bridgehead atoms. The van der Waals surface area contributed by atoms with Gasteiger partial charge in [0.1, 0.15) is 6.29 Å². The van der Waals surface area contributed by atoms with Crippen LogP contribution in [0.3, 0.4) is 0 Å². The summed E-state index contributed by atoms with van der Waals surface area (Å²) in [5, 5.41) is 0. The standard InChI is InChI=1S/C11H6F6O/c12-10(13,14)8-3-4-9(11(15,16)17)7(6-8)2-1-5-18/h1-6H. The average Bonchev–Trinajstić information content (AvgIpc) is 2.23. The van der Waals surface area contributed by atoms with Crippen molar-refractivity contribution in [2.24, 2.45) is 0 Å². The molecule has 7 heteroatoms. The third kappa shape index (κ3) is 3.35. The Labute approximate surface area is 97.7 Å². The van der Waals surface area contributed by atoms with Gasteiger partial charge in [-0.2, -0.15) is 26.3 Å². The summed E-state index contributed by atoms with van der Waals surface area (Å²) < 4.78 is 74.5. The Bertz CT molecular complexity index is 469. The monoisotopic (exact) mass is 268 g/mol. The summed E-state index contributed by atoms with van der Waals surface area (Å²) in [4.78, 5) is 10.0. The molecule has 0 saturated heterocycles. The van der Waals surface area contributed by atoms with Gasteiger partial charge in [0, 0.05) is 0 Å². The molecular weight excluding hydrogens is 262 g/mol. The van der Waals surface area contributed by atoms with Crippen molar-refractivity contribution in [3.05, 3.63) is 41.0 Å². The highest BCUT2D eigenvalue weighted by atomic mass is 19.4. The van der Waals surface area contributed by atoms with E-state index in [0.29, 0.717) is 30.4 Å². The number of allylic oxidation sites excluding steroid dienone is 1. The zero-order valence-corrected chi connectivity index (χ0v) is 8.64. The molecule has 0 saturated carbocycles. The third-order valence-electron chi connectivity index (χ3n) is 2.04. The highest BCUT2D eigenvalue weighted by molar-refractivity contribution is 5.75. The van der Waals surface area contributed by atoms with Gasteiger partial charge in [-0.25, -0.2) is 0 Å². The minimum Gasteiger partial charge on any atom is -0.299 e. The number of hydrogen-bond acceptors (Lipinski definition) is 1. The van der Waals surface area contributed by atoms with Gasteiger partial charge < -0.3 is 0 Å². The normalized spacial score (nSPS) is 13.0. The Kier molecular flexibility index (Phi) is 3.83. The number of carbonyl (C=O) groups is 1. The smallest absolute Gasteiger partial charge is 0.299 e. The molecule has 0 aliphatic heterocycles. The van der Waals surface area contributed by atoms with Crippen LogP contribution in [0.5, 0.6) is 0 Å². The van der Waals surface area contributed by atoms with E-state index in [1.54, 1.807) is 0 Å². The number of carbonyl (C=O) groups excluding carboxylic acids is 1. The van der Waals surface area contributed by atoms with Crippen LogP contribution in [-0.4, -0.2) is 6.29 Å². The first-order chi connectivity index (χ1) is 8.16. The van der Waals surface area contributed by atoms with E-state index in [4.69, 9.17) is 0 Å². The zero-order valence-electron chi connectivity index (χ0n) is 8.64. The molecule has 0 amide bonds. The van der Waals surface area contributed by atoms with E-state index in [1.165, 1.54) is 0 Å². The molecular formula is C11H6F6O. The van der Waals surface area contributed by atoms with Crippen molar-refractivity contribution in [3.63, 3.8) is 0 Å². The van der Waals surface area contributed by atoms with Crippen LogP contribution in [0.15, 0.2) is 24.3 Å². The minimum absolute atomic E-state index is 0.181. The Balaban J connectivity index is 3.39. The maximum Gasteiger partial charge on any atom is 0.416 e. The molecule has 1 nitrogen and oxygen atoms in total. The summed E-state index contributed by atoms with van der Waals surface area (Å²) in [6.45, 7) is 0. The minimum atomic E-state index is -4.79. The second-order valence-electron chi connectivity index (χ2n) is 3.29. The van der Waals surface area contributed by atoms with E-state index in [1.807, 2.05) is 0 Å². The lowest BCUT2D eigenvalue weighted by Gasteiger charge is -2.13. The first kappa shape index (κ1) is 14.3. The highest BCUT2D eigenvalue weighted by Crippen LogP contribution is 2.36. The van der Waals surface area contributed by atoms with Gasteiger partial charge in [0.05, 0.1) is 11.1 Å². The molecule has 0 atom stereocenters. The van der Waals surface area contributed by atoms with Gasteiger partial charge in [-0.3, -0.25) is 4.79 Å². The quantitative estimate of drug-likeness (QED) is 0.451. The first-order valence-corrected chi connectivity index (χ1v) is 4.56. The van der Waals surface area contributed by atoms with Crippen LogP contribution in [0.25, 0.3) is 6.08 Å². The predicted octanol–water partition coefficient (Wildman–Crippen LogP) is 3.94. The van der Waals surface area contributed by atoms with E-state index in [0.717, 1.165) is 0 Å². The molecule has 0 heterocycles. The number of rotatable bonds is 2. The van der Waals surface area contributed by atoms with Gasteiger partial charge in [-0.1, -0.05) is 6.08 Å². The Morgan fingerprint density at radius 1 is 0.944 bits per heavy atom. The number of hydrogen-bond donors (Lipinski definition) is 0. The number of halogens is 6. The SMILES string of the molecule is O=CC=Cc1cc(C(F)(F)F)ccc1C(F)(F)F. The second-order valence-corrected chi connectivity index (χ2v) is 3.29. The van der Waals surface area contributed by atoms with Gasteiger partial charge >= 0.3 is 12.4 Å². The van der Waals surface area contributed by atoms with Crippen LogP contribution in [-0.2, 0) is 17.1 Å². The summed E-state index contributed by atoms with van der Waals surface area (Å²) >= 11 is 0. The lowest BCUT2D eigenvalue weighted by atomic mass is 10.0. The van der Waals surface area contributed by atoms with Gasteiger partial charge in [0.15, 0.2) is 0 Å². The summed E-state index contributed by atoms with van der Waals surface area (Å²) in [5.74, 6) is 0. The van der Waals surface area contributed by atoms with Gasteiger partial charge in [0.25, 0.3) is 0 Å². The van der Waals surface area contributed by atoms with Crippen molar-refractivity contribution in [3.8, 4) is 0 Å². The molecule has 0 fully saturated rings. The molecule has 0 N–H and O–H groups in total. The summed E-state index contributed by atoms with van der Waals surface area (Å²) in [5.41, 5.74) is -3.14. The van der Waals surface area contributed by atoms with Crippen molar-refractivity contribution in [2.45, 2.75) is 12.4 Å². The highest BCUT2D eigenvalue weighted by Gasteiger charge is 2.36. The van der Waals surface area contributed by atoms with Gasteiger partial charge in [-0.15, -0.1) is 0 Å². The van der Waals surface area contributed by atoms with Crippen molar-refractivity contribution < 1.29 is 31.1 Å². The number of aldehydes is 1. The van der Waals surface area contributed by atoms with Crippen LogP contribution in [0.2, 0.25) is 0 Å². The topological polar surface area (TPSA) is 17.1 Å². The maximum absolute atomic E-state index is 12.5. The lowest BCUT2D eigenvalue weighted by Crippen LogP contribution is -2.11.